The summed E-state index contributed by atoms with van der Waals surface area (Å²) in [6.07, 6.45) is 0. The summed E-state index contributed by atoms with van der Waals surface area (Å²) in [5, 5.41) is 0.597. The van der Waals surface area contributed by atoms with Crippen molar-refractivity contribution < 1.29 is 4.74 Å². The van der Waals surface area contributed by atoms with Crippen LogP contribution in [-0.4, -0.2) is 0 Å². The first-order valence-corrected chi connectivity index (χ1v) is 6.20. The number of halogens is 2. The summed E-state index contributed by atoms with van der Waals surface area (Å²) in [6.45, 7) is 1.96. The maximum absolute atomic E-state index is 6.14. The van der Waals surface area contributed by atoms with Crippen LogP contribution in [-0.2, 0) is 5.88 Å². The Hall–Kier alpha value is -1.18. The molecular weight excluding hydrogens is 255 g/mol. The molecule has 0 N–H and O–H groups in total. The third-order valence-corrected chi connectivity index (χ3v) is 3.16. The number of rotatable bonds is 3. The van der Waals surface area contributed by atoms with Crippen molar-refractivity contribution in [1.82, 2.24) is 0 Å². The molecule has 1 nitrogen and oxygen atoms in total. The van der Waals surface area contributed by atoms with Crippen molar-refractivity contribution in [3.8, 4) is 11.5 Å². The Morgan fingerprint density at radius 2 is 1.76 bits per heavy atom. The van der Waals surface area contributed by atoms with Gasteiger partial charge in [-0.25, -0.2) is 0 Å². The number of para-hydroxylation sites is 1. The van der Waals surface area contributed by atoms with Crippen LogP contribution in [0.25, 0.3) is 0 Å². The molecule has 0 heterocycles. The van der Waals surface area contributed by atoms with Crippen molar-refractivity contribution in [3.63, 3.8) is 0 Å². The number of alkyl halides is 1. The van der Waals surface area contributed by atoms with Crippen LogP contribution < -0.4 is 4.74 Å². The largest absolute Gasteiger partial charge is 0.456 e. The van der Waals surface area contributed by atoms with E-state index in [1.165, 1.54) is 0 Å². The highest BCUT2D eigenvalue weighted by atomic mass is 35.5. The molecule has 0 atom stereocenters. The molecule has 0 aliphatic heterocycles. The molecule has 88 valence electrons. The van der Waals surface area contributed by atoms with Gasteiger partial charge in [0.15, 0.2) is 0 Å². The number of hydrogen-bond donors (Lipinski definition) is 0. The van der Waals surface area contributed by atoms with Crippen LogP contribution in [0.1, 0.15) is 11.1 Å². The van der Waals surface area contributed by atoms with Gasteiger partial charge in [0.2, 0.25) is 0 Å². The van der Waals surface area contributed by atoms with E-state index in [0.29, 0.717) is 16.7 Å². The summed E-state index contributed by atoms with van der Waals surface area (Å²) in [7, 11) is 0. The van der Waals surface area contributed by atoms with Gasteiger partial charge in [0.05, 0.1) is 5.02 Å². The molecule has 0 saturated heterocycles. The molecule has 0 saturated carbocycles. The van der Waals surface area contributed by atoms with Gasteiger partial charge in [-0.3, -0.25) is 0 Å². The minimum atomic E-state index is 0.453. The molecule has 0 spiro atoms. The summed E-state index contributed by atoms with van der Waals surface area (Å²) in [5.41, 5.74) is 2.01. The molecule has 0 bridgehead atoms. The highest BCUT2D eigenvalue weighted by Gasteiger charge is 2.10. The van der Waals surface area contributed by atoms with E-state index in [-0.39, 0.29) is 0 Å². The quantitative estimate of drug-likeness (QED) is 0.696. The number of ether oxygens (including phenoxy) is 1. The summed E-state index contributed by atoms with van der Waals surface area (Å²) in [5.74, 6) is 1.90. The molecule has 2 aromatic rings. The average Bonchev–Trinajstić information content (AvgIpc) is 2.36. The topological polar surface area (TPSA) is 9.23 Å². The third kappa shape index (κ3) is 2.74. The lowest BCUT2D eigenvalue weighted by Gasteiger charge is -2.13. The Kier molecular flexibility index (Phi) is 3.93. The van der Waals surface area contributed by atoms with Crippen LogP contribution in [0.3, 0.4) is 0 Å². The van der Waals surface area contributed by atoms with Crippen molar-refractivity contribution >= 4 is 23.2 Å². The Morgan fingerprint density at radius 1 is 1.06 bits per heavy atom. The Balaban J connectivity index is 2.38. The lowest BCUT2D eigenvalue weighted by atomic mass is 10.1. The first-order chi connectivity index (χ1) is 8.22. The van der Waals surface area contributed by atoms with E-state index in [4.69, 9.17) is 27.9 Å². The minimum absolute atomic E-state index is 0.453. The fourth-order valence-electron chi connectivity index (χ4n) is 1.58. The van der Waals surface area contributed by atoms with E-state index in [0.717, 1.165) is 16.9 Å². The van der Waals surface area contributed by atoms with Gasteiger partial charge in [0, 0.05) is 5.88 Å². The molecule has 0 amide bonds. The van der Waals surface area contributed by atoms with Gasteiger partial charge in [-0.1, -0.05) is 35.9 Å². The Labute approximate surface area is 111 Å². The monoisotopic (exact) mass is 266 g/mol. The highest BCUT2D eigenvalue weighted by Crippen LogP contribution is 2.34. The zero-order valence-electron chi connectivity index (χ0n) is 9.41. The minimum Gasteiger partial charge on any atom is -0.456 e. The van der Waals surface area contributed by atoms with Gasteiger partial charge in [-0.15, -0.1) is 11.6 Å². The van der Waals surface area contributed by atoms with Gasteiger partial charge >= 0.3 is 0 Å². The smallest absolute Gasteiger partial charge is 0.149 e. The summed E-state index contributed by atoms with van der Waals surface area (Å²) in [6, 6.07) is 13.3. The molecule has 0 aliphatic carbocycles. The Bertz CT molecular complexity index is 509. The van der Waals surface area contributed by atoms with Crippen LogP contribution in [0.5, 0.6) is 11.5 Å². The molecule has 2 aromatic carbocycles. The fourth-order valence-corrected chi connectivity index (χ4v) is 2.11. The SMILES string of the molecule is Cc1c(CCl)ccc(Cl)c1Oc1ccccc1. The van der Waals surface area contributed by atoms with Gasteiger partial charge in [-0.2, -0.15) is 0 Å². The van der Waals surface area contributed by atoms with Crippen molar-refractivity contribution in [2.24, 2.45) is 0 Å². The Morgan fingerprint density at radius 3 is 2.41 bits per heavy atom. The summed E-state index contributed by atoms with van der Waals surface area (Å²) >= 11 is 12.0. The van der Waals surface area contributed by atoms with Gasteiger partial charge in [0.1, 0.15) is 11.5 Å². The normalized spacial score (nSPS) is 10.3. The van der Waals surface area contributed by atoms with Crippen LogP contribution in [0.2, 0.25) is 5.02 Å². The molecule has 0 aliphatic rings. The maximum atomic E-state index is 6.14. The first-order valence-electron chi connectivity index (χ1n) is 5.29. The van der Waals surface area contributed by atoms with Gasteiger partial charge < -0.3 is 4.74 Å². The zero-order chi connectivity index (χ0) is 12.3. The predicted molar refractivity (Wildman–Crippen MR) is 72.3 cm³/mol. The molecule has 0 aromatic heterocycles. The van der Waals surface area contributed by atoms with Crippen LogP contribution in [0.15, 0.2) is 42.5 Å². The third-order valence-electron chi connectivity index (χ3n) is 2.58. The van der Waals surface area contributed by atoms with E-state index < -0.39 is 0 Å². The van der Waals surface area contributed by atoms with Crippen LogP contribution in [0, 0.1) is 6.92 Å². The molecule has 0 radical (unpaired) electrons. The van der Waals surface area contributed by atoms with E-state index in [1.54, 1.807) is 0 Å². The molecule has 0 fully saturated rings. The van der Waals surface area contributed by atoms with Crippen molar-refractivity contribution in [2.45, 2.75) is 12.8 Å². The molecular formula is C14H12Cl2O. The second-order valence-electron chi connectivity index (χ2n) is 3.71. The second kappa shape index (κ2) is 5.44. The van der Waals surface area contributed by atoms with Crippen molar-refractivity contribution in [3.05, 3.63) is 58.6 Å². The summed E-state index contributed by atoms with van der Waals surface area (Å²) < 4.78 is 5.79. The second-order valence-corrected chi connectivity index (χ2v) is 4.38. The molecule has 0 unspecified atom stereocenters. The maximum Gasteiger partial charge on any atom is 0.149 e. The fraction of sp³-hybridized carbons (Fsp3) is 0.143. The standard InChI is InChI=1S/C14H12Cl2O/c1-10-11(9-15)7-8-13(16)14(10)17-12-5-3-2-4-6-12/h2-8H,9H2,1H3. The highest BCUT2D eigenvalue weighted by molar-refractivity contribution is 6.32. The van der Waals surface area contributed by atoms with E-state index in [9.17, 15) is 0 Å². The lowest BCUT2D eigenvalue weighted by molar-refractivity contribution is 0.478. The molecule has 3 heteroatoms. The zero-order valence-corrected chi connectivity index (χ0v) is 10.9. The van der Waals surface area contributed by atoms with E-state index >= 15 is 0 Å². The molecule has 17 heavy (non-hydrogen) atoms. The predicted octanol–water partition coefficient (Wildman–Crippen LogP) is 5.18. The average molecular weight is 267 g/mol. The van der Waals surface area contributed by atoms with Crippen LogP contribution in [0.4, 0.5) is 0 Å². The van der Waals surface area contributed by atoms with Crippen LogP contribution >= 0.6 is 23.2 Å². The number of hydrogen-bond acceptors (Lipinski definition) is 1. The summed E-state index contributed by atoms with van der Waals surface area (Å²) in [4.78, 5) is 0. The number of benzene rings is 2. The van der Waals surface area contributed by atoms with E-state index in [2.05, 4.69) is 0 Å². The van der Waals surface area contributed by atoms with Gasteiger partial charge in [0.25, 0.3) is 0 Å². The lowest BCUT2D eigenvalue weighted by Crippen LogP contribution is -1.92. The molecule has 2 rings (SSSR count). The van der Waals surface area contributed by atoms with E-state index in [1.807, 2.05) is 49.4 Å². The van der Waals surface area contributed by atoms with Crippen molar-refractivity contribution in [2.75, 3.05) is 0 Å². The first kappa shape index (κ1) is 12.3. The van der Waals surface area contributed by atoms with Crippen molar-refractivity contribution in [1.29, 1.82) is 0 Å². The van der Waals surface area contributed by atoms with Gasteiger partial charge in [-0.05, 0) is 36.2 Å².